The molecule has 2 nitrogen and oxygen atoms in total. The summed E-state index contributed by atoms with van der Waals surface area (Å²) in [6.45, 7) is 13.1. The van der Waals surface area contributed by atoms with Crippen LogP contribution in [0, 0.1) is 5.92 Å². The van der Waals surface area contributed by atoms with E-state index in [9.17, 15) is 0 Å². The number of hydrogen-bond acceptors (Lipinski definition) is 2. The van der Waals surface area contributed by atoms with E-state index >= 15 is 0 Å². The first-order valence-corrected chi connectivity index (χ1v) is 7.00. The van der Waals surface area contributed by atoms with Crippen molar-refractivity contribution < 1.29 is 4.74 Å². The molecule has 0 radical (unpaired) electrons. The Kier molecular flexibility index (Phi) is 10.0. The molecular formula is C14H31NO. The minimum absolute atomic E-state index is 0.329. The van der Waals surface area contributed by atoms with Crippen LogP contribution < -0.4 is 5.32 Å². The highest BCUT2D eigenvalue weighted by Crippen LogP contribution is 2.09. The van der Waals surface area contributed by atoms with Gasteiger partial charge in [0.1, 0.15) is 0 Å². The predicted octanol–water partition coefficient (Wildman–Crippen LogP) is 3.61. The summed E-state index contributed by atoms with van der Waals surface area (Å²) in [5.74, 6) is 0.691. The molecule has 0 aliphatic carbocycles. The van der Waals surface area contributed by atoms with Crippen molar-refractivity contribution in [3.8, 4) is 0 Å². The van der Waals surface area contributed by atoms with Gasteiger partial charge in [-0.2, -0.15) is 0 Å². The summed E-state index contributed by atoms with van der Waals surface area (Å²) in [6, 6.07) is 0.508. The maximum absolute atomic E-state index is 5.94. The summed E-state index contributed by atoms with van der Waals surface area (Å²) in [5, 5.41) is 3.55. The second kappa shape index (κ2) is 10.1. The molecule has 0 aliphatic rings. The van der Waals surface area contributed by atoms with Crippen LogP contribution in [0.25, 0.3) is 0 Å². The quantitative estimate of drug-likeness (QED) is 0.618. The molecule has 0 fully saturated rings. The molecule has 0 aromatic rings. The third kappa shape index (κ3) is 7.24. The Morgan fingerprint density at radius 3 is 2.25 bits per heavy atom. The van der Waals surface area contributed by atoms with E-state index in [2.05, 4.69) is 39.9 Å². The van der Waals surface area contributed by atoms with Crippen molar-refractivity contribution in [2.45, 2.75) is 72.4 Å². The fourth-order valence-electron chi connectivity index (χ4n) is 1.98. The second-order valence-corrected chi connectivity index (χ2v) is 4.90. The smallest absolute Gasteiger partial charge is 0.0699 e. The highest BCUT2D eigenvalue weighted by atomic mass is 16.5. The fraction of sp³-hybridized carbons (Fsp3) is 1.00. The van der Waals surface area contributed by atoms with Crippen LogP contribution in [0.2, 0.25) is 0 Å². The Hall–Kier alpha value is -0.0800. The second-order valence-electron chi connectivity index (χ2n) is 4.90. The third-order valence-corrected chi connectivity index (χ3v) is 3.09. The molecule has 0 aliphatic heterocycles. The van der Waals surface area contributed by atoms with E-state index < -0.39 is 0 Å². The van der Waals surface area contributed by atoms with E-state index in [0.29, 0.717) is 18.1 Å². The van der Waals surface area contributed by atoms with Crippen LogP contribution in [0.4, 0.5) is 0 Å². The van der Waals surface area contributed by atoms with Crippen molar-refractivity contribution in [1.29, 1.82) is 0 Å². The summed E-state index contributed by atoms with van der Waals surface area (Å²) < 4.78 is 5.94. The lowest BCUT2D eigenvalue weighted by molar-refractivity contribution is 0.0179. The molecule has 0 rings (SSSR count). The zero-order valence-electron chi connectivity index (χ0n) is 11.9. The zero-order chi connectivity index (χ0) is 12.4. The highest BCUT2D eigenvalue weighted by molar-refractivity contribution is 4.72. The molecule has 2 heteroatoms. The average molecular weight is 229 g/mol. The number of hydrogen-bond donors (Lipinski definition) is 1. The van der Waals surface area contributed by atoms with E-state index in [-0.39, 0.29) is 0 Å². The van der Waals surface area contributed by atoms with E-state index in [0.717, 1.165) is 19.6 Å². The Labute approximate surface area is 102 Å². The van der Waals surface area contributed by atoms with Crippen molar-refractivity contribution in [3.63, 3.8) is 0 Å². The first-order chi connectivity index (χ1) is 7.65. The Morgan fingerprint density at radius 1 is 1.06 bits per heavy atom. The zero-order valence-corrected chi connectivity index (χ0v) is 11.9. The van der Waals surface area contributed by atoms with Gasteiger partial charge >= 0.3 is 0 Å². The molecule has 0 saturated carbocycles. The van der Waals surface area contributed by atoms with E-state index in [4.69, 9.17) is 4.74 Å². The van der Waals surface area contributed by atoms with Gasteiger partial charge in [0.25, 0.3) is 0 Å². The van der Waals surface area contributed by atoms with E-state index in [1.807, 2.05) is 0 Å². The van der Waals surface area contributed by atoms with Gasteiger partial charge in [-0.1, -0.05) is 34.1 Å². The minimum atomic E-state index is 0.329. The van der Waals surface area contributed by atoms with Crippen molar-refractivity contribution in [3.05, 3.63) is 0 Å². The standard InChI is InChI=1S/C14H31NO/c1-6-9-12(4)11-16-13(5)14(8-3)15-10-7-2/h12-15H,6-11H2,1-5H3. The molecule has 98 valence electrons. The number of nitrogens with one attached hydrogen (secondary N) is 1. The van der Waals surface area contributed by atoms with Gasteiger partial charge in [0, 0.05) is 12.6 Å². The van der Waals surface area contributed by atoms with Gasteiger partial charge < -0.3 is 10.1 Å². The van der Waals surface area contributed by atoms with E-state index in [1.165, 1.54) is 19.3 Å². The largest absolute Gasteiger partial charge is 0.377 e. The lowest BCUT2D eigenvalue weighted by Gasteiger charge is -2.25. The number of ether oxygens (including phenoxy) is 1. The summed E-state index contributed by atoms with van der Waals surface area (Å²) >= 11 is 0. The van der Waals surface area contributed by atoms with Gasteiger partial charge in [0.2, 0.25) is 0 Å². The Bertz CT molecular complexity index is 150. The fourth-order valence-corrected chi connectivity index (χ4v) is 1.98. The van der Waals surface area contributed by atoms with Crippen LogP contribution in [-0.4, -0.2) is 25.3 Å². The molecule has 0 amide bonds. The topological polar surface area (TPSA) is 21.3 Å². The van der Waals surface area contributed by atoms with Gasteiger partial charge in [0.15, 0.2) is 0 Å². The third-order valence-electron chi connectivity index (χ3n) is 3.09. The lowest BCUT2D eigenvalue weighted by atomic mass is 10.1. The molecule has 0 bridgehead atoms. The first-order valence-electron chi connectivity index (χ1n) is 7.00. The molecule has 0 saturated heterocycles. The minimum Gasteiger partial charge on any atom is -0.377 e. The van der Waals surface area contributed by atoms with Crippen LogP contribution in [0.1, 0.15) is 60.3 Å². The van der Waals surface area contributed by atoms with Gasteiger partial charge in [0.05, 0.1) is 6.10 Å². The molecule has 3 atom stereocenters. The highest BCUT2D eigenvalue weighted by Gasteiger charge is 2.15. The Balaban J connectivity index is 3.77. The van der Waals surface area contributed by atoms with Crippen molar-refractivity contribution in [2.24, 2.45) is 5.92 Å². The van der Waals surface area contributed by atoms with Crippen LogP contribution in [-0.2, 0) is 4.74 Å². The van der Waals surface area contributed by atoms with E-state index in [1.54, 1.807) is 0 Å². The van der Waals surface area contributed by atoms with Crippen molar-refractivity contribution in [2.75, 3.05) is 13.2 Å². The molecular weight excluding hydrogens is 198 g/mol. The molecule has 16 heavy (non-hydrogen) atoms. The van der Waals surface area contributed by atoms with Gasteiger partial charge in [-0.3, -0.25) is 0 Å². The average Bonchev–Trinajstić information content (AvgIpc) is 2.28. The molecule has 0 heterocycles. The monoisotopic (exact) mass is 229 g/mol. The molecule has 0 aromatic heterocycles. The molecule has 0 aromatic carbocycles. The van der Waals surface area contributed by atoms with Crippen LogP contribution in [0.5, 0.6) is 0 Å². The summed E-state index contributed by atoms with van der Waals surface area (Å²) in [7, 11) is 0. The van der Waals surface area contributed by atoms with Crippen LogP contribution in [0.3, 0.4) is 0 Å². The maximum Gasteiger partial charge on any atom is 0.0699 e. The van der Waals surface area contributed by atoms with Crippen molar-refractivity contribution >= 4 is 0 Å². The van der Waals surface area contributed by atoms with Crippen molar-refractivity contribution in [1.82, 2.24) is 5.32 Å². The maximum atomic E-state index is 5.94. The van der Waals surface area contributed by atoms with Gasteiger partial charge in [-0.15, -0.1) is 0 Å². The predicted molar refractivity (Wildman–Crippen MR) is 71.9 cm³/mol. The Morgan fingerprint density at radius 2 is 1.75 bits per heavy atom. The van der Waals surface area contributed by atoms with Crippen LogP contribution in [0.15, 0.2) is 0 Å². The summed E-state index contributed by atoms with van der Waals surface area (Å²) in [5.41, 5.74) is 0. The summed E-state index contributed by atoms with van der Waals surface area (Å²) in [6.07, 6.45) is 5.19. The number of rotatable bonds is 10. The summed E-state index contributed by atoms with van der Waals surface area (Å²) in [4.78, 5) is 0. The first kappa shape index (κ1) is 15.9. The van der Waals surface area contributed by atoms with Gasteiger partial charge in [-0.25, -0.2) is 0 Å². The normalized spacial score (nSPS) is 17.1. The lowest BCUT2D eigenvalue weighted by Crippen LogP contribution is -2.40. The molecule has 0 spiro atoms. The SMILES string of the molecule is CCCNC(CC)C(C)OCC(C)CCC. The molecule has 3 unspecified atom stereocenters. The van der Waals surface area contributed by atoms with Crippen LogP contribution >= 0.6 is 0 Å². The van der Waals surface area contributed by atoms with Gasteiger partial charge in [-0.05, 0) is 38.6 Å². The molecule has 1 N–H and O–H groups in total.